The van der Waals surface area contributed by atoms with Gasteiger partial charge in [-0.1, -0.05) is 36.4 Å². The number of anilines is 1. The smallest absolute Gasteiger partial charge is 0.146 e. The van der Waals surface area contributed by atoms with Crippen LogP contribution in [0.2, 0.25) is 0 Å². The van der Waals surface area contributed by atoms with E-state index in [1.807, 2.05) is 37.4 Å². The van der Waals surface area contributed by atoms with E-state index in [1.165, 1.54) is 5.56 Å². The van der Waals surface area contributed by atoms with E-state index >= 15 is 0 Å². The van der Waals surface area contributed by atoms with Crippen molar-refractivity contribution in [2.45, 2.75) is 33.0 Å². The molecule has 0 saturated carbocycles. The van der Waals surface area contributed by atoms with Crippen LogP contribution in [-0.4, -0.2) is 13.1 Å². The van der Waals surface area contributed by atoms with Gasteiger partial charge in [-0.05, 0) is 44.2 Å². The molecule has 0 aromatic heterocycles. The fourth-order valence-corrected chi connectivity index (χ4v) is 2.42. The second-order valence-electron chi connectivity index (χ2n) is 5.52. The molecule has 0 heterocycles. The summed E-state index contributed by atoms with van der Waals surface area (Å²) in [4.78, 5) is 2.09. The van der Waals surface area contributed by atoms with Crippen molar-refractivity contribution >= 4 is 5.69 Å². The van der Waals surface area contributed by atoms with E-state index in [2.05, 4.69) is 36.2 Å². The van der Waals surface area contributed by atoms with Crippen LogP contribution >= 0.6 is 0 Å². The van der Waals surface area contributed by atoms with Gasteiger partial charge in [0, 0.05) is 19.1 Å². The van der Waals surface area contributed by atoms with Crippen molar-refractivity contribution in [3.05, 3.63) is 65.5 Å². The van der Waals surface area contributed by atoms with Gasteiger partial charge in [-0.15, -0.1) is 0 Å². The topological polar surface area (TPSA) is 15.3 Å². The van der Waals surface area contributed by atoms with Crippen molar-refractivity contribution in [2.75, 3.05) is 11.9 Å². The van der Waals surface area contributed by atoms with E-state index in [0.29, 0.717) is 18.8 Å². The van der Waals surface area contributed by atoms with Gasteiger partial charge >= 0.3 is 0 Å². The van der Waals surface area contributed by atoms with Gasteiger partial charge < -0.3 is 10.2 Å². The molecule has 0 spiro atoms. The second-order valence-corrected chi connectivity index (χ2v) is 5.52. The molecule has 0 atom stereocenters. The Morgan fingerprint density at radius 2 is 1.76 bits per heavy atom. The van der Waals surface area contributed by atoms with Gasteiger partial charge in [-0.25, -0.2) is 4.39 Å². The zero-order chi connectivity index (χ0) is 15.2. The maximum Gasteiger partial charge on any atom is 0.146 e. The monoisotopic (exact) mass is 286 g/mol. The Morgan fingerprint density at radius 3 is 2.33 bits per heavy atom. The average Bonchev–Trinajstić information content (AvgIpc) is 2.47. The zero-order valence-corrected chi connectivity index (χ0v) is 12.9. The molecule has 0 aliphatic heterocycles. The molecule has 2 nitrogen and oxygen atoms in total. The molecule has 1 N–H and O–H groups in total. The fourth-order valence-electron chi connectivity index (χ4n) is 2.42. The van der Waals surface area contributed by atoms with Gasteiger partial charge in [0.05, 0.1) is 5.69 Å². The van der Waals surface area contributed by atoms with Crippen molar-refractivity contribution in [1.82, 2.24) is 5.32 Å². The van der Waals surface area contributed by atoms with E-state index in [9.17, 15) is 4.39 Å². The van der Waals surface area contributed by atoms with Gasteiger partial charge in [0.1, 0.15) is 5.82 Å². The highest BCUT2D eigenvalue weighted by atomic mass is 19.1. The number of benzene rings is 2. The van der Waals surface area contributed by atoms with Gasteiger partial charge in [0.25, 0.3) is 0 Å². The highest BCUT2D eigenvalue weighted by Crippen LogP contribution is 2.24. The predicted octanol–water partition coefficient (Wildman–Crippen LogP) is 3.96. The van der Waals surface area contributed by atoms with E-state index < -0.39 is 0 Å². The van der Waals surface area contributed by atoms with E-state index in [1.54, 1.807) is 6.07 Å². The first-order valence-corrected chi connectivity index (χ1v) is 7.35. The summed E-state index contributed by atoms with van der Waals surface area (Å²) >= 11 is 0. The van der Waals surface area contributed by atoms with Crippen LogP contribution in [0.25, 0.3) is 0 Å². The zero-order valence-electron chi connectivity index (χ0n) is 12.9. The normalized spacial score (nSPS) is 10.9. The molecule has 2 rings (SSSR count). The Balaban J connectivity index is 2.26. The van der Waals surface area contributed by atoms with E-state index in [0.717, 1.165) is 5.56 Å². The highest BCUT2D eigenvalue weighted by molar-refractivity contribution is 5.50. The van der Waals surface area contributed by atoms with Crippen molar-refractivity contribution in [3.63, 3.8) is 0 Å². The molecule has 2 aromatic rings. The number of rotatable bonds is 6. The number of hydrogen-bond donors (Lipinski definition) is 1. The molecule has 0 bridgehead atoms. The number of nitrogens with one attached hydrogen (secondary N) is 1. The van der Waals surface area contributed by atoms with Crippen LogP contribution in [-0.2, 0) is 13.1 Å². The minimum absolute atomic E-state index is 0.160. The van der Waals surface area contributed by atoms with Crippen LogP contribution in [0.15, 0.2) is 48.5 Å². The molecule has 3 heteroatoms. The van der Waals surface area contributed by atoms with Crippen molar-refractivity contribution in [3.8, 4) is 0 Å². The molecule has 0 radical (unpaired) electrons. The van der Waals surface area contributed by atoms with Crippen molar-refractivity contribution < 1.29 is 4.39 Å². The molecule has 0 aliphatic rings. The van der Waals surface area contributed by atoms with E-state index in [4.69, 9.17) is 0 Å². The van der Waals surface area contributed by atoms with Crippen LogP contribution in [0, 0.1) is 5.82 Å². The van der Waals surface area contributed by atoms with Crippen molar-refractivity contribution in [1.29, 1.82) is 0 Å². The largest absolute Gasteiger partial charge is 0.362 e. The Bertz CT molecular complexity index is 567. The summed E-state index contributed by atoms with van der Waals surface area (Å²) in [6, 6.07) is 15.9. The minimum Gasteiger partial charge on any atom is -0.362 e. The fraction of sp³-hybridized carbons (Fsp3) is 0.333. The number of nitrogens with zero attached hydrogens (tertiary/aromatic N) is 1. The van der Waals surface area contributed by atoms with Gasteiger partial charge in [0.15, 0.2) is 0 Å². The van der Waals surface area contributed by atoms with Gasteiger partial charge in [0.2, 0.25) is 0 Å². The average molecular weight is 286 g/mol. The van der Waals surface area contributed by atoms with Crippen LogP contribution in [0.4, 0.5) is 10.1 Å². The first-order chi connectivity index (χ1) is 10.1. The molecule has 0 fully saturated rings. The Morgan fingerprint density at radius 1 is 1.05 bits per heavy atom. The lowest BCUT2D eigenvalue weighted by Crippen LogP contribution is -2.31. The Hall–Kier alpha value is -1.87. The van der Waals surface area contributed by atoms with Gasteiger partial charge in [-0.2, -0.15) is 0 Å². The first-order valence-electron chi connectivity index (χ1n) is 7.35. The Kier molecular flexibility index (Phi) is 5.34. The standard InChI is InChI=1S/C18H23FN2/c1-14(2)21(13-15-7-5-4-6-8-15)18-10-9-16(12-20-3)11-17(18)19/h4-11,14,20H,12-13H2,1-3H3. The molecule has 2 aromatic carbocycles. The quantitative estimate of drug-likeness (QED) is 0.864. The minimum atomic E-state index is -0.160. The van der Waals surface area contributed by atoms with Crippen LogP contribution in [0.5, 0.6) is 0 Å². The lowest BCUT2D eigenvalue weighted by molar-refractivity contribution is 0.596. The summed E-state index contributed by atoms with van der Waals surface area (Å²) in [5, 5.41) is 3.04. The lowest BCUT2D eigenvalue weighted by atomic mass is 10.1. The van der Waals surface area contributed by atoms with Crippen LogP contribution < -0.4 is 10.2 Å². The summed E-state index contributed by atoms with van der Waals surface area (Å²) in [6.07, 6.45) is 0. The summed E-state index contributed by atoms with van der Waals surface area (Å²) in [7, 11) is 1.86. The molecular formula is C18H23FN2. The second kappa shape index (κ2) is 7.23. The number of halogens is 1. The summed E-state index contributed by atoms with van der Waals surface area (Å²) in [5.74, 6) is -0.160. The van der Waals surface area contributed by atoms with Crippen LogP contribution in [0.1, 0.15) is 25.0 Å². The summed E-state index contributed by atoms with van der Waals surface area (Å²) in [5.41, 5.74) is 2.81. The molecule has 0 unspecified atom stereocenters. The molecular weight excluding hydrogens is 263 g/mol. The highest BCUT2D eigenvalue weighted by Gasteiger charge is 2.15. The van der Waals surface area contributed by atoms with Crippen molar-refractivity contribution in [2.24, 2.45) is 0 Å². The predicted molar refractivity (Wildman–Crippen MR) is 86.9 cm³/mol. The van der Waals surface area contributed by atoms with E-state index in [-0.39, 0.29) is 11.9 Å². The molecule has 21 heavy (non-hydrogen) atoms. The number of hydrogen-bond acceptors (Lipinski definition) is 2. The maximum absolute atomic E-state index is 14.4. The molecule has 0 saturated heterocycles. The third-order valence-corrected chi connectivity index (χ3v) is 3.52. The maximum atomic E-state index is 14.4. The molecule has 0 amide bonds. The van der Waals surface area contributed by atoms with Crippen LogP contribution in [0.3, 0.4) is 0 Å². The lowest BCUT2D eigenvalue weighted by Gasteiger charge is -2.29. The third-order valence-electron chi connectivity index (χ3n) is 3.52. The molecule has 112 valence electrons. The first kappa shape index (κ1) is 15.5. The summed E-state index contributed by atoms with van der Waals surface area (Å²) < 4.78 is 14.4. The Labute approximate surface area is 126 Å². The molecule has 0 aliphatic carbocycles. The summed E-state index contributed by atoms with van der Waals surface area (Å²) in [6.45, 7) is 5.56. The SMILES string of the molecule is CNCc1ccc(N(Cc2ccccc2)C(C)C)c(F)c1. The third kappa shape index (κ3) is 4.05. The van der Waals surface area contributed by atoms with Gasteiger partial charge in [-0.3, -0.25) is 0 Å².